The molecule has 26 heavy (non-hydrogen) atoms. The van der Waals surface area contributed by atoms with Crippen LogP contribution >= 0.6 is 11.6 Å². The summed E-state index contributed by atoms with van der Waals surface area (Å²) in [6.45, 7) is 0.443. The predicted octanol–water partition coefficient (Wildman–Crippen LogP) is 4.03. The van der Waals surface area contributed by atoms with Gasteiger partial charge in [-0.1, -0.05) is 57.5 Å². The number of para-hydroxylation sites is 1. The number of fused-ring (bicyclic) bond motifs is 1. The zero-order valence-corrected chi connectivity index (χ0v) is 15.4. The smallest absolute Gasteiger partial charge is 0.459 e. The van der Waals surface area contributed by atoms with Gasteiger partial charge in [-0.2, -0.15) is 0 Å². The Hall–Kier alpha value is -2.33. The number of benzene rings is 2. The summed E-state index contributed by atoms with van der Waals surface area (Å²) in [6.07, 6.45) is 5.39. The third-order valence-corrected chi connectivity index (χ3v) is 5.72. The summed E-state index contributed by atoms with van der Waals surface area (Å²) in [5.74, 6) is 0.139. The first-order valence-corrected chi connectivity index (χ1v) is 9.56. The van der Waals surface area contributed by atoms with Gasteiger partial charge in [-0.3, -0.25) is 0 Å². The molecule has 1 aliphatic carbocycles. The Labute approximate surface area is 157 Å². The summed E-state index contributed by atoms with van der Waals surface area (Å²) >= 11 is 6.35. The minimum atomic E-state index is 0.0769. The lowest BCUT2D eigenvalue weighted by Gasteiger charge is -2.17. The van der Waals surface area contributed by atoms with Crippen LogP contribution in [-0.2, 0) is 6.54 Å². The molecule has 1 saturated carbocycles. The molecule has 0 atom stereocenters. The highest BCUT2D eigenvalue weighted by atomic mass is 35.5. The molecule has 3 aromatic rings. The van der Waals surface area contributed by atoms with E-state index in [1.165, 1.54) is 6.42 Å². The molecular formula is C21H23ClN2O2+2. The molecule has 0 aliphatic heterocycles. The van der Waals surface area contributed by atoms with Gasteiger partial charge in [0.1, 0.15) is 0 Å². The van der Waals surface area contributed by atoms with Gasteiger partial charge in [-0.15, -0.1) is 0 Å². The molecule has 0 radical (unpaired) electrons. The fourth-order valence-electron chi connectivity index (χ4n) is 3.99. The molecule has 0 spiro atoms. The zero-order chi connectivity index (χ0) is 18.1. The Kier molecular flexibility index (Phi) is 4.68. The van der Waals surface area contributed by atoms with Crippen molar-refractivity contribution in [1.82, 2.24) is 0 Å². The zero-order valence-electron chi connectivity index (χ0n) is 14.6. The van der Waals surface area contributed by atoms with Crippen molar-refractivity contribution in [2.75, 3.05) is 0 Å². The van der Waals surface area contributed by atoms with Gasteiger partial charge in [0.2, 0.25) is 5.52 Å². The molecule has 0 unspecified atom stereocenters. The van der Waals surface area contributed by atoms with Crippen LogP contribution < -0.4 is 9.13 Å². The van der Waals surface area contributed by atoms with Crippen molar-refractivity contribution in [1.29, 1.82) is 0 Å². The van der Waals surface area contributed by atoms with Crippen molar-refractivity contribution in [3.8, 4) is 11.9 Å². The summed E-state index contributed by atoms with van der Waals surface area (Å²) < 4.78 is 3.54. The van der Waals surface area contributed by atoms with Gasteiger partial charge in [-0.05, 0) is 25.0 Å². The van der Waals surface area contributed by atoms with Crippen molar-refractivity contribution in [2.24, 2.45) is 0 Å². The molecule has 0 amide bonds. The van der Waals surface area contributed by atoms with Crippen LogP contribution in [0.4, 0.5) is 0 Å². The van der Waals surface area contributed by atoms with Gasteiger partial charge in [0.05, 0.1) is 5.02 Å². The third kappa shape index (κ3) is 2.99. The number of aromatic nitrogens is 2. The molecule has 0 saturated heterocycles. The minimum Gasteiger partial charge on any atom is -0.459 e. The third-order valence-electron chi connectivity index (χ3n) is 5.35. The van der Waals surface area contributed by atoms with Crippen molar-refractivity contribution in [3.05, 3.63) is 59.1 Å². The lowest BCUT2D eigenvalue weighted by Crippen LogP contribution is -2.51. The average molecular weight is 371 g/mol. The molecule has 4 nitrogen and oxygen atoms in total. The average Bonchev–Trinajstić information content (AvgIpc) is 2.67. The van der Waals surface area contributed by atoms with E-state index in [-0.39, 0.29) is 17.9 Å². The summed E-state index contributed by atoms with van der Waals surface area (Å²) in [5, 5.41) is 23.4. The minimum absolute atomic E-state index is 0.0769. The van der Waals surface area contributed by atoms with E-state index in [9.17, 15) is 10.2 Å². The number of rotatable bonds is 3. The highest BCUT2D eigenvalue weighted by Gasteiger charge is 2.39. The first kappa shape index (κ1) is 17.1. The van der Waals surface area contributed by atoms with E-state index >= 15 is 0 Å². The Balaban J connectivity index is 1.91. The normalized spacial score (nSPS) is 15.4. The Morgan fingerprint density at radius 1 is 0.923 bits per heavy atom. The first-order valence-electron chi connectivity index (χ1n) is 9.18. The number of nitrogens with zero attached hydrogens (tertiary/aromatic N) is 2. The second-order valence-electron chi connectivity index (χ2n) is 6.98. The molecule has 1 aliphatic rings. The lowest BCUT2D eigenvalue weighted by molar-refractivity contribution is -0.832. The van der Waals surface area contributed by atoms with Crippen LogP contribution in [0.15, 0.2) is 48.5 Å². The van der Waals surface area contributed by atoms with E-state index in [4.69, 9.17) is 11.6 Å². The van der Waals surface area contributed by atoms with Gasteiger partial charge in [0.25, 0.3) is 0 Å². The van der Waals surface area contributed by atoms with Gasteiger partial charge >= 0.3 is 11.9 Å². The van der Waals surface area contributed by atoms with Crippen molar-refractivity contribution in [2.45, 2.75) is 44.7 Å². The molecule has 4 rings (SSSR count). The van der Waals surface area contributed by atoms with E-state index in [0.29, 0.717) is 11.6 Å². The number of hydrogen-bond donors (Lipinski definition) is 2. The largest absolute Gasteiger partial charge is 0.632 e. The molecule has 2 N–H and O–H groups in total. The van der Waals surface area contributed by atoms with Crippen molar-refractivity contribution < 1.29 is 19.3 Å². The van der Waals surface area contributed by atoms with Gasteiger partial charge < -0.3 is 10.2 Å². The fourth-order valence-corrected chi connectivity index (χ4v) is 4.18. The molecular weight excluding hydrogens is 348 g/mol. The molecule has 0 bridgehead atoms. The summed E-state index contributed by atoms with van der Waals surface area (Å²) in [7, 11) is 0. The van der Waals surface area contributed by atoms with Gasteiger partial charge in [-0.25, -0.2) is 0 Å². The quantitative estimate of drug-likeness (QED) is 0.684. The molecule has 1 fully saturated rings. The van der Waals surface area contributed by atoms with E-state index in [0.717, 1.165) is 42.1 Å². The second-order valence-corrected chi connectivity index (χ2v) is 7.39. The number of aromatic hydroxyl groups is 2. The summed E-state index contributed by atoms with van der Waals surface area (Å²) in [6, 6.07) is 15.5. The Bertz CT molecular complexity index is 952. The van der Waals surface area contributed by atoms with Crippen LogP contribution in [0, 0.1) is 0 Å². The monoisotopic (exact) mass is 370 g/mol. The highest BCUT2D eigenvalue weighted by Crippen LogP contribution is 2.30. The van der Waals surface area contributed by atoms with Crippen molar-refractivity contribution in [3.63, 3.8) is 0 Å². The van der Waals surface area contributed by atoms with Crippen LogP contribution in [0.5, 0.6) is 11.9 Å². The van der Waals surface area contributed by atoms with E-state index in [1.807, 2.05) is 53.1 Å². The first-order chi connectivity index (χ1) is 12.7. The van der Waals surface area contributed by atoms with E-state index in [2.05, 4.69) is 0 Å². The summed E-state index contributed by atoms with van der Waals surface area (Å²) in [5.41, 5.74) is 1.72. The SMILES string of the molecule is Oc1c2ccccc2[n+](Cc2ccccc2Cl)c(O)[n+]1C1CCCCC1. The van der Waals surface area contributed by atoms with Crippen LogP contribution in [-0.4, -0.2) is 10.2 Å². The Morgan fingerprint density at radius 2 is 1.62 bits per heavy atom. The molecule has 134 valence electrons. The topological polar surface area (TPSA) is 48.2 Å². The molecule has 1 heterocycles. The van der Waals surface area contributed by atoms with Crippen LogP contribution in [0.3, 0.4) is 0 Å². The lowest BCUT2D eigenvalue weighted by atomic mass is 9.95. The Morgan fingerprint density at radius 3 is 2.38 bits per heavy atom. The summed E-state index contributed by atoms with van der Waals surface area (Å²) in [4.78, 5) is 0. The standard InChI is InChI=1S/C21H21ClN2O2/c22-18-12-6-4-8-15(18)14-23-19-13-7-5-11-17(19)20(25)24(21(23)26)16-9-2-1-3-10-16/h4-8,11-13,16H,1-3,9-10,14H2/p+2. The van der Waals surface area contributed by atoms with E-state index in [1.54, 1.807) is 4.57 Å². The van der Waals surface area contributed by atoms with Crippen LogP contribution in [0.25, 0.3) is 10.9 Å². The molecule has 1 aromatic heterocycles. The van der Waals surface area contributed by atoms with E-state index < -0.39 is 0 Å². The molecule has 2 aromatic carbocycles. The molecule has 5 heteroatoms. The highest BCUT2D eigenvalue weighted by molar-refractivity contribution is 6.31. The number of hydrogen-bond acceptors (Lipinski definition) is 2. The maximum Gasteiger partial charge on any atom is 0.632 e. The van der Waals surface area contributed by atoms with Gasteiger partial charge in [0.15, 0.2) is 18.0 Å². The maximum absolute atomic E-state index is 11.1. The van der Waals surface area contributed by atoms with Crippen LogP contribution in [0.1, 0.15) is 43.7 Å². The maximum atomic E-state index is 11.1. The van der Waals surface area contributed by atoms with Crippen molar-refractivity contribution >= 4 is 22.5 Å². The fraction of sp³-hybridized carbons (Fsp3) is 0.333. The number of halogens is 1. The second kappa shape index (κ2) is 7.12. The van der Waals surface area contributed by atoms with Crippen LogP contribution in [0.2, 0.25) is 5.02 Å². The van der Waals surface area contributed by atoms with Gasteiger partial charge in [0, 0.05) is 24.5 Å². The predicted molar refractivity (Wildman–Crippen MR) is 100 cm³/mol.